The third-order valence-corrected chi connectivity index (χ3v) is 4.90. The molecule has 4 rings (SSSR count). The Balaban J connectivity index is 1.55. The number of likely N-dealkylation sites (tertiary alicyclic amines) is 1. The number of benzene rings is 1. The van der Waals surface area contributed by atoms with Crippen LogP contribution in [0.5, 0.6) is 0 Å². The van der Waals surface area contributed by atoms with Crippen LogP contribution in [0.15, 0.2) is 28.7 Å². The van der Waals surface area contributed by atoms with E-state index in [4.69, 9.17) is 9.15 Å². The fourth-order valence-electron chi connectivity index (χ4n) is 3.56. The first kappa shape index (κ1) is 14.5. The quantitative estimate of drug-likeness (QED) is 0.812. The lowest BCUT2D eigenvalue weighted by atomic mass is 9.87. The molecule has 2 aliphatic heterocycles. The van der Waals surface area contributed by atoms with Crippen molar-refractivity contribution in [1.82, 2.24) is 4.90 Å². The summed E-state index contributed by atoms with van der Waals surface area (Å²) in [6, 6.07) is 7.56. The van der Waals surface area contributed by atoms with Crippen LogP contribution in [0.25, 0.3) is 11.0 Å². The second-order valence-electron chi connectivity index (χ2n) is 6.50. The molecule has 2 aromatic rings. The Morgan fingerprint density at radius 2 is 2.13 bits per heavy atom. The Morgan fingerprint density at radius 3 is 2.87 bits per heavy atom. The van der Waals surface area contributed by atoms with Crippen LogP contribution < -0.4 is 0 Å². The highest BCUT2D eigenvalue weighted by Crippen LogP contribution is 2.34. The van der Waals surface area contributed by atoms with Crippen molar-refractivity contribution in [3.8, 4) is 0 Å². The predicted molar refractivity (Wildman–Crippen MR) is 84.4 cm³/mol. The summed E-state index contributed by atoms with van der Waals surface area (Å²) in [6.45, 7) is 3.27. The highest BCUT2D eigenvalue weighted by Gasteiger charge is 2.46. The van der Waals surface area contributed by atoms with E-state index in [0.29, 0.717) is 30.9 Å². The van der Waals surface area contributed by atoms with Gasteiger partial charge in [-0.3, -0.25) is 9.59 Å². The lowest BCUT2D eigenvalue weighted by molar-refractivity contribution is -0.144. The van der Waals surface area contributed by atoms with Gasteiger partial charge in [0.1, 0.15) is 11.2 Å². The Labute approximate surface area is 134 Å². The number of ketones is 1. The Hall–Kier alpha value is -2.14. The van der Waals surface area contributed by atoms with E-state index in [0.717, 1.165) is 23.8 Å². The van der Waals surface area contributed by atoms with Gasteiger partial charge in [-0.15, -0.1) is 0 Å². The summed E-state index contributed by atoms with van der Waals surface area (Å²) in [5.41, 5.74) is 1.17. The van der Waals surface area contributed by atoms with Gasteiger partial charge in [0.05, 0.1) is 6.54 Å². The highest BCUT2D eigenvalue weighted by molar-refractivity contribution is 6.00. The van der Waals surface area contributed by atoms with Crippen molar-refractivity contribution < 1.29 is 18.7 Å². The zero-order valence-corrected chi connectivity index (χ0v) is 13.1. The molecule has 120 valence electrons. The third kappa shape index (κ3) is 2.36. The average molecular weight is 313 g/mol. The molecule has 0 bridgehead atoms. The number of furan rings is 1. The topological polar surface area (TPSA) is 59.8 Å². The molecule has 1 atom stereocenters. The van der Waals surface area contributed by atoms with E-state index in [1.807, 2.05) is 25.1 Å². The summed E-state index contributed by atoms with van der Waals surface area (Å²) in [5.74, 6) is 0.0864. The van der Waals surface area contributed by atoms with Crippen LogP contribution in [0.1, 0.15) is 35.4 Å². The molecule has 0 N–H and O–H groups in total. The van der Waals surface area contributed by atoms with Gasteiger partial charge in [-0.25, -0.2) is 0 Å². The monoisotopic (exact) mass is 313 g/mol. The molecule has 1 spiro atoms. The van der Waals surface area contributed by atoms with E-state index < -0.39 is 5.60 Å². The average Bonchev–Trinajstić information content (AvgIpc) is 3.16. The van der Waals surface area contributed by atoms with Crippen LogP contribution in [-0.4, -0.2) is 41.9 Å². The Kier molecular flexibility index (Phi) is 3.27. The van der Waals surface area contributed by atoms with Gasteiger partial charge >= 0.3 is 0 Å². The number of hydrogen-bond acceptors (Lipinski definition) is 4. The van der Waals surface area contributed by atoms with Gasteiger partial charge < -0.3 is 14.1 Å². The number of piperidine rings is 1. The molecule has 2 fully saturated rings. The molecule has 0 aliphatic carbocycles. The van der Waals surface area contributed by atoms with Crippen LogP contribution >= 0.6 is 0 Å². The van der Waals surface area contributed by atoms with Crippen molar-refractivity contribution in [3.05, 3.63) is 35.6 Å². The van der Waals surface area contributed by atoms with Crippen LogP contribution in [0.3, 0.4) is 0 Å². The van der Waals surface area contributed by atoms with Crippen LogP contribution in [-0.2, 0) is 9.53 Å². The summed E-state index contributed by atoms with van der Waals surface area (Å²) in [7, 11) is 0. The van der Waals surface area contributed by atoms with E-state index in [2.05, 4.69) is 0 Å². The van der Waals surface area contributed by atoms with Gasteiger partial charge in [-0.05, 0) is 38.0 Å². The molecule has 2 saturated heterocycles. The first-order valence-corrected chi connectivity index (χ1v) is 8.04. The molecular weight excluding hydrogens is 294 g/mol. The largest absolute Gasteiger partial charge is 0.451 e. The SMILES string of the molecule is Cc1ccc2oc(C(=O)N3CCC4(CCCO4)C(=O)C3)cc2c1. The second kappa shape index (κ2) is 5.20. The number of ether oxygens (including phenoxy) is 1. The van der Waals surface area contributed by atoms with Gasteiger partial charge in [-0.2, -0.15) is 0 Å². The molecule has 0 radical (unpaired) electrons. The van der Waals surface area contributed by atoms with Crippen LogP contribution in [0.2, 0.25) is 0 Å². The second-order valence-corrected chi connectivity index (χ2v) is 6.50. The fourth-order valence-corrected chi connectivity index (χ4v) is 3.56. The Morgan fingerprint density at radius 1 is 1.26 bits per heavy atom. The number of hydrogen-bond donors (Lipinski definition) is 0. The number of carbonyl (C=O) groups excluding carboxylic acids is 2. The van der Waals surface area contributed by atoms with Crippen molar-refractivity contribution >= 4 is 22.7 Å². The fraction of sp³-hybridized carbons (Fsp3) is 0.444. The zero-order chi connectivity index (χ0) is 16.0. The maximum atomic E-state index is 12.6. The van der Waals surface area contributed by atoms with Crippen molar-refractivity contribution in [2.45, 2.75) is 31.8 Å². The molecule has 5 heteroatoms. The van der Waals surface area contributed by atoms with Crippen LogP contribution in [0, 0.1) is 6.92 Å². The van der Waals surface area contributed by atoms with Crippen molar-refractivity contribution in [1.29, 1.82) is 0 Å². The van der Waals surface area contributed by atoms with Gasteiger partial charge in [0, 0.05) is 25.0 Å². The summed E-state index contributed by atoms with van der Waals surface area (Å²) in [4.78, 5) is 26.6. The van der Waals surface area contributed by atoms with Gasteiger partial charge in [0.25, 0.3) is 5.91 Å². The van der Waals surface area contributed by atoms with Gasteiger partial charge in [0.15, 0.2) is 11.5 Å². The molecule has 3 heterocycles. The first-order valence-electron chi connectivity index (χ1n) is 8.04. The molecule has 1 aromatic carbocycles. The number of Topliss-reactive ketones (excluding diaryl/α,β-unsaturated/α-hetero) is 1. The van der Waals surface area contributed by atoms with E-state index in [9.17, 15) is 9.59 Å². The van der Waals surface area contributed by atoms with E-state index in [1.165, 1.54) is 0 Å². The lowest BCUT2D eigenvalue weighted by Crippen LogP contribution is -2.53. The summed E-state index contributed by atoms with van der Waals surface area (Å²) < 4.78 is 11.3. The highest BCUT2D eigenvalue weighted by atomic mass is 16.5. The number of aryl methyl sites for hydroxylation is 1. The maximum absolute atomic E-state index is 12.6. The molecule has 5 nitrogen and oxygen atoms in total. The van der Waals surface area contributed by atoms with Crippen molar-refractivity contribution in [2.75, 3.05) is 19.7 Å². The van der Waals surface area contributed by atoms with Gasteiger partial charge in [0.2, 0.25) is 0 Å². The van der Waals surface area contributed by atoms with Crippen molar-refractivity contribution in [3.63, 3.8) is 0 Å². The normalized spacial score (nSPS) is 24.7. The van der Waals surface area contributed by atoms with E-state index >= 15 is 0 Å². The minimum atomic E-state index is -0.637. The molecule has 1 aromatic heterocycles. The molecule has 1 amide bonds. The number of fused-ring (bicyclic) bond motifs is 1. The third-order valence-electron chi connectivity index (χ3n) is 4.90. The van der Waals surface area contributed by atoms with Crippen LogP contribution in [0.4, 0.5) is 0 Å². The van der Waals surface area contributed by atoms with Crippen molar-refractivity contribution in [2.24, 2.45) is 0 Å². The lowest BCUT2D eigenvalue weighted by Gasteiger charge is -2.36. The molecule has 0 saturated carbocycles. The number of rotatable bonds is 1. The molecule has 1 unspecified atom stereocenters. The molecule has 2 aliphatic rings. The number of amides is 1. The molecule has 23 heavy (non-hydrogen) atoms. The summed E-state index contributed by atoms with van der Waals surface area (Å²) in [5, 5.41) is 0.910. The minimum Gasteiger partial charge on any atom is -0.451 e. The van der Waals surface area contributed by atoms with Gasteiger partial charge in [-0.1, -0.05) is 11.6 Å². The number of carbonyl (C=O) groups is 2. The minimum absolute atomic E-state index is 0.0153. The number of nitrogens with zero attached hydrogens (tertiary/aromatic N) is 1. The standard InChI is InChI=1S/C18H19NO4/c1-12-3-4-14-13(9-12)10-15(23-14)17(21)19-7-6-18(16(20)11-19)5-2-8-22-18/h3-4,9-10H,2,5-8,11H2,1H3. The predicted octanol–water partition coefficient (Wildman–Crippen LogP) is 2.71. The molecular formula is C18H19NO4. The zero-order valence-electron chi connectivity index (χ0n) is 13.1. The smallest absolute Gasteiger partial charge is 0.290 e. The van der Waals surface area contributed by atoms with E-state index in [-0.39, 0.29) is 18.2 Å². The first-order chi connectivity index (χ1) is 11.1. The summed E-state index contributed by atoms with van der Waals surface area (Å²) >= 11 is 0. The summed E-state index contributed by atoms with van der Waals surface area (Å²) in [6.07, 6.45) is 2.28. The maximum Gasteiger partial charge on any atom is 0.290 e. The Bertz CT molecular complexity index is 785. The van der Waals surface area contributed by atoms with E-state index in [1.54, 1.807) is 11.0 Å².